The molecule has 0 aliphatic rings. The summed E-state index contributed by atoms with van der Waals surface area (Å²) in [6.07, 6.45) is 1.55. The van der Waals surface area contributed by atoms with E-state index in [1.54, 1.807) is 36.5 Å². The van der Waals surface area contributed by atoms with E-state index < -0.39 is 0 Å². The summed E-state index contributed by atoms with van der Waals surface area (Å²) >= 11 is 0. The number of hydrogen-bond acceptors (Lipinski definition) is 4. The fourth-order valence-corrected chi connectivity index (χ4v) is 2.11. The van der Waals surface area contributed by atoms with Gasteiger partial charge in [0.05, 0.1) is 0 Å². The smallest absolute Gasteiger partial charge is 0.213 e. The first kappa shape index (κ1) is 16.8. The van der Waals surface area contributed by atoms with Gasteiger partial charge in [0.15, 0.2) is 0 Å². The lowest BCUT2D eigenvalue weighted by molar-refractivity contribution is 0.138. The molecule has 0 radical (unpaired) electrons. The van der Waals surface area contributed by atoms with E-state index >= 15 is 0 Å². The molecule has 1 unspecified atom stereocenters. The van der Waals surface area contributed by atoms with Crippen LogP contribution in [0.3, 0.4) is 0 Å². The number of nitrogens with zero attached hydrogens (tertiary/aromatic N) is 1. The molecule has 0 saturated heterocycles. The number of pyridine rings is 1. The van der Waals surface area contributed by atoms with Crippen molar-refractivity contribution in [3.05, 3.63) is 78.7 Å². The van der Waals surface area contributed by atoms with Crippen molar-refractivity contribution >= 4 is 0 Å². The third kappa shape index (κ3) is 5.21. The molecule has 0 fully saturated rings. The highest BCUT2D eigenvalue weighted by molar-refractivity contribution is 5.35. The molecule has 0 N–H and O–H groups in total. The lowest BCUT2D eigenvalue weighted by Crippen LogP contribution is -2.21. The average Bonchev–Trinajstić information content (AvgIpc) is 2.64. The van der Waals surface area contributed by atoms with Crippen molar-refractivity contribution in [2.75, 3.05) is 6.61 Å². The molecular weight excluding hydrogens is 321 g/mol. The lowest BCUT2D eigenvalue weighted by Gasteiger charge is -2.15. The molecule has 0 amide bonds. The molecule has 1 heterocycles. The van der Waals surface area contributed by atoms with E-state index in [1.165, 1.54) is 12.1 Å². The maximum atomic E-state index is 12.9. The quantitative estimate of drug-likeness (QED) is 0.616. The van der Waals surface area contributed by atoms with Crippen molar-refractivity contribution in [3.8, 4) is 23.1 Å². The van der Waals surface area contributed by atoms with Crippen LogP contribution in [0.5, 0.6) is 23.1 Å². The molecule has 1 atom stereocenters. The highest BCUT2D eigenvalue weighted by Gasteiger charge is 2.06. The molecular formula is C20H18FNO3. The summed E-state index contributed by atoms with van der Waals surface area (Å²) < 4.78 is 29.9. The first-order valence-electron chi connectivity index (χ1n) is 7.93. The number of aromatic nitrogens is 1. The molecule has 0 saturated carbocycles. The monoisotopic (exact) mass is 339 g/mol. The Kier molecular flexibility index (Phi) is 5.46. The van der Waals surface area contributed by atoms with Crippen LogP contribution >= 0.6 is 0 Å². The SMILES string of the molecule is CC(COc1ccc(Oc2ccc(F)cc2)cc1)Oc1ccccn1. The van der Waals surface area contributed by atoms with Gasteiger partial charge in [-0.15, -0.1) is 0 Å². The van der Waals surface area contributed by atoms with Crippen LogP contribution in [-0.2, 0) is 0 Å². The molecule has 3 aromatic rings. The van der Waals surface area contributed by atoms with Crippen LogP contribution in [0.1, 0.15) is 6.92 Å². The van der Waals surface area contributed by atoms with Crippen molar-refractivity contribution in [3.63, 3.8) is 0 Å². The highest BCUT2D eigenvalue weighted by Crippen LogP contribution is 2.24. The molecule has 3 rings (SSSR count). The van der Waals surface area contributed by atoms with Gasteiger partial charge in [0.2, 0.25) is 5.88 Å². The molecule has 25 heavy (non-hydrogen) atoms. The Balaban J connectivity index is 1.49. The summed E-state index contributed by atoms with van der Waals surface area (Å²) in [5, 5.41) is 0. The van der Waals surface area contributed by atoms with Crippen molar-refractivity contribution in [2.45, 2.75) is 13.0 Å². The zero-order valence-corrected chi connectivity index (χ0v) is 13.8. The van der Waals surface area contributed by atoms with E-state index in [2.05, 4.69) is 4.98 Å². The summed E-state index contributed by atoms with van der Waals surface area (Å²) in [6.45, 7) is 2.31. The molecule has 0 spiro atoms. The minimum atomic E-state index is -0.293. The first-order valence-corrected chi connectivity index (χ1v) is 7.93. The van der Waals surface area contributed by atoms with Crippen LogP contribution in [0.2, 0.25) is 0 Å². The summed E-state index contributed by atoms with van der Waals surface area (Å²) in [4.78, 5) is 4.11. The van der Waals surface area contributed by atoms with Gasteiger partial charge in [-0.05, 0) is 61.5 Å². The molecule has 2 aromatic carbocycles. The Morgan fingerprint density at radius 1 is 0.880 bits per heavy atom. The van der Waals surface area contributed by atoms with E-state index in [-0.39, 0.29) is 11.9 Å². The van der Waals surface area contributed by atoms with Gasteiger partial charge in [-0.3, -0.25) is 0 Å². The van der Waals surface area contributed by atoms with Crippen LogP contribution in [0.15, 0.2) is 72.9 Å². The normalized spacial score (nSPS) is 11.6. The topological polar surface area (TPSA) is 40.6 Å². The average molecular weight is 339 g/mol. The third-order valence-electron chi connectivity index (χ3n) is 3.32. The molecule has 4 nitrogen and oxygen atoms in total. The van der Waals surface area contributed by atoms with Gasteiger partial charge in [0, 0.05) is 12.3 Å². The zero-order valence-electron chi connectivity index (χ0n) is 13.8. The van der Waals surface area contributed by atoms with Crippen LogP contribution in [0.4, 0.5) is 4.39 Å². The predicted molar refractivity (Wildman–Crippen MR) is 92.7 cm³/mol. The Morgan fingerprint density at radius 2 is 1.52 bits per heavy atom. The zero-order chi connectivity index (χ0) is 17.5. The maximum Gasteiger partial charge on any atom is 0.213 e. The second kappa shape index (κ2) is 8.15. The summed E-state index contributed by atoms with van der Waals surface area (Å²) in [5.41, 5.74) is 0. The van der Waals surface area contributed by atoms with Crippen LogP contribution in [0, 0.1) is 5.82 Å². The van der Waals surface area contributed by atoms with Crippen molar-refractivity contribution in [1.82, 2.24) is 4.98 Å². The second-order valence-electron chi connectivity index (χ2n) is 5.43. The first-order chi connectivity index (χ1) is 12.2. The Hall–Kier alpha value is -3.08. The Labute approximate surface area is 145 Å². The standard InChI is InChI=1S/C20H18FNO3/c1-15(24-20-4-2-3-13-22-20)14-23-17-9-11-19(12-10-17)25-18-7-5-16(21)6-8-18/h2-13,15H,14H2,1H3. The van der Waals surface area contributed by atoms with Gasteiger partial charge in [-0.2, -0.15) is 0 Å². The lowest BCUT2D eigenvalue weighted by atomic mass is 10.3. The summed E-state index contributed by atoms with van der Waals surface area (Å²) in [6, 6.07) is 18.6. The number of halogens is 1. The van der Waals surface area contributed by atoms with Crippen LogP contribution in [-0.4, -0.2) is 17.7 Å². The summed E-state index contributed by atoms with van der Waals surface area (Å²) in [5.74, 6) is 2.21. The maximum absolute atomic E-state index is 12.9. The van der Waals surface area contributed by atoms with Crippen molar-refractivity contribution in [2.24, 2.45) is 0 Å². The predicted octanol–water partition coefficient (Wildman–Crippen LogP) is 4.86. The number of hydrogen-bond donors (Lipinski definition) is 0. The largest absolute Gasteiger partial charge is 0.490 e. The molecule has 0 aliphatic carbocycles. The molecule has 128 valence electrons. The van der Waals surface area contributed by atoms with Gasteiger partial charge in [-0.25, -0.2) is 9.37 Å². The van der Waals surface area contributed by atoms with Gasteiger partial charge >= 0.3 is 0 Å². The third-order valence-corrected chi connectivity index (χ3v) is 3.32. The second-order valence-corrected chi connectivity index (χ2v) is 5.43. The molecule has 0 bridgehead atoms. The highest BCUT2D eigenvalue weighted by atomic mass is 19.1. The van der Waals surface area contributed by atoms with E-state index in [4.69, 9.17) is 14.2 Å². The van der Waals surface area contributed by atoms with Gasteiger partial charge in [0.1, 0.15) is 35.8 Å². The van der Waals surface area contributed by atoms with E-state index in [9.17, 15) is 4.39 Å². The number of ether oxygens (including phenoxy) is 3. The van der Waals surface area contributed by atoms with Gasteiger partial charge in [-0.1, -0.05) is 6.07 Å². The van der Waals surface area contributed by atoms with E-state index in [0.717, 1.165) is 0 Å². The number of benzene rings is 2. The number of rotatable bonds is 7. The van der Waals surface area contributed by atoms with Crippen molar-refractivity contribution in [1.29, 1.82) is 0 Å². The van der Waals surface area contributed by atoms with Gasteiger partial charge in [0.25, 0.3) is 0 Å². The van der Waals surface area contributed by atoms with Crippen LogP contribution < -0.4 is 14.2 Å². The minimum Gasteiger partial charge on any atom is -0.490 e. The molecule has 0 aliphatic heterocycles. The minimum absolute atomic E-state index is 0.134. The van der Waals surface area contributed by atoms with E-state index in [0.29, 0.717) is 29.7 Å². The fraction of sp³-hybridized carbons (Fsp3) is 0.150. The summed E-state index contributed by atoms with van der Waals surface area (Å²) in [7, 11) is 0. The molecule has 1 aromatic heterocycles. The Morgan fingerprint density at radius 3 is 2.16 bits per heavy atom. The van der Waals surface area contributed by atoms with Crippen LogP contribution in [0.25, 0.3) is 0 Å². The van der Waals surface area contributed by atoms with E-state index in [1.807, 2.05) is 31.2 Å². The Bertz CT molecular complexity index is 776. The fourth-order valence-electron chi connectivity index (χ4n) is 2.11. The van der Waals surface area contributed by atoms with Crippen molar-refractivity contribution < 1.29 is 18.6 Å². The van der Waals surface area contributed by atoms with Gasteiger partial charge < -0.3 is 14.2 Å². The molecule has 5 heteroatoms.